The second kappa shape index (κ2) is 16.7. The number of hydrogen-bond acceptors (Lipinski definition) is 4. The Morgan fingerprint density at radius 2 is 1.38 bits per heavy atom. The number of rotatable bonds is 16. The highest BCUT2D eigenvalue weighted by Crippen LogP contribution is 2.03. The van der Waals surface area contributed by atoms with E-state index < -0.39 is 0 Å². The van der Waals surface area contributed by atoms with Gasteiger partial charge in [0.15, 0.2) is 0 Å². The van der Waals surface area contributed by atoms with E-state index in [9.17, 15) is 9.59 Å². The summed E-state index contributed by atoms with van der Waals surface area (Å²) in [5.74, 6) is 0.260. The molecule has 0 saturated carbocycles. The largest absolute Gasteiger partial charge is 0.356 e. The van der Waals surface area contributed by atoms with E-state index in [-0.39, 0.29) is 17.9 Å². The molecular weight excluding hydrogens is 304 g/mol. The summed E-state index contributed by atoms with van der Waals surface area (Å²) >= 11 is 0. The quantitative estimate of drug-likeness (QED) is 0.321. The standard InChI is InChI=1S/C18H38N4O2/c1-16(22-18(24)12-5-3-8-14-20)10-6-9-15-21-17(23)11-4-2-7-13-19/h16H,2-15,19-20H2,1H3,(H,21,23)(H,22,24). The summed E-state index contributed by atoms with van der Waals surface area (Å²) in [6.45, 7) is 4.15. The summed E-state index contributed by atoms with van der Waals surface area (Å²) in [6.07, 6.45) is 9.92. The Labute approximate surface area is 147 Å². The van der Waals surface area contributed by atoms with Crippen LogP contribution < -0.4 is 22.1 Å². The summed E-state index contributed by atoms with van der Waals surface area (Å²) in [5, 5.41) is 5.97. The third-order valence-corrected chi connectivity index (χ3v) is 4.01. The maximum absolute atomic E-state index is 11.7. The zero-order valence-corrected chi connectivity index (χ0v) is 15.4. The second-order valence-electron chi connectivity index (χ2n) is 6.51. The first-order valence-corrected chi connectivity index (χ1v) is 9.56. The van der Waals surface area contributed by atoms with Gasteiger partial charge in [0.25, 0.3) is 0 Å². The second-order valence-corrected chi connectivity index (χ2v) is 6.51. The zero-order valence-electron chi connectivity index (χ0n) is 15.4. The number of unbranched alkanes of at least 4 members (excludes halogenated alkanes) is 5. The summed E-state index contributed by atoms with van der Waals surface area (Å²) in [6, 6.07) is 0.193. The minimum absolute atomic E-state index is 0.130. The van der Waals surface area contributed by atoms with Gasteiger partial charge in [-0.1, -0.05) is 12.8 Å². The average Bonchev–Trinajstić information content (AvgIpc) is 2.55. The van der Waals surface area contributed by atoms with Gasteiger partial charge in [0.1, 0.15) is 0 Å². The lowest BCUT2D eigenvalue weighted by atomic mass is 10.1. The molecule has 0 bridgehead atoms. The van der Waals surface area contributed by atoms with E-state index in [1.807, 2.05) is 6.92 Å². The molecule has 142 valence electrons. The van der Waals surface area contributed by atoms with Crippen molar-refractivity contribution in [2.75, 3.05) is 19.6 Å². The fourth-order valence-corrected chi connectivity index (χ4v) is 2.52. The van der Waals surface area contributed by atoms with Crippen molar-refractivity contribution in [3.63, 3.8) is 0 Å². The van der Waals surface area contributed by atoms with Gasteiger partial charge in [-0.15, -0.1) is 0 Å². The zero-order chi connectivity index (χ0) is 18.0. The Morgan fingerprint density at radius 1 is 0.792 bits per heavy atom. The lowest BCUT2D eigenvalue weighted by Crippen LogP contribution is -2.32. The molecule has 1 unspecified atom stereocenters. The first-order valence-electron chi connectivity index (χ1n) is 9.56. The van der Waals surface area contributed by atoms with E-state index in [2.05, 4.69) is 10.6 Å². The van der Waals surface area contributed by atoms with E-state index in [1.54, 1.807) is 0 Å². The molecule has 0 fully saturated rings. The fraction of sp³-hybridized carbons (Fsp3) is 0.889. The van der Waals surface area contributed by atoms with Crippen LogP contribution in [0.2, 0.25) is 0 Å². The molecule has 6 nitrogen and oxygen atoms in total. The predicted molar refractivity (Wildman–Crippen MR) is 99.5 cm³/mol. The summed E-state index contributed by atoms with van der Waals surface area (Å²) in [4.78, 5) is 23.3. The van der Waals surface area contributed by atoms with Crippen LogP contribution in [0.25, 0.3) is 0 Å². The van der Waals surface area contributed by atoms with Gasteiger partial charge in [-0.25, -0.2) is 0 Å². The molecule has 0 saturated heterocycles. The first-order chi connectivity index (χ1) is 11.6. The molecule has 0 aromatic carbocycles. The molecule has 0 rings (SSSR count). The van der Waals surface area contributed by atoms with Gasteiger partial charge < -0.3 is 22.1 Å². The number of amides is 2. The summed E-state index contributed by atoms with van der Waals surface area (Å²) < 4.78 is 0. The highest BCUT2D eigenvalue weighted by Gasteiger charge is 2.07. The van der Waals surface area contributed by atoms with Crippen LogP contribution in [0.3, 0.4) is 0 Å². The molecular formula is C18H38N4O2. The van der Waals surface area contributed by atoms with E-state index in [0.717, 1.165) is 64.3 Å². The van der Waals surface area contributed by atoms with Gasteiger partial charge >= 0.3 is 0 Å². The van der Waals surface area contributed by atoms with Crippen LogP contribution >= 0.6 is 0 Å². The van der Waals surface area contributed by atoms with Gasteiger partial charge in [0.2, 0.25) is 11.8 Å². The highest BCUT2D eigenvalue weighted by molar-refractivity contribution is 5.76. The van der Waals surface area contributed by atoms with Crippen LogP contribution in [0.15, 0.2) is 0 Å². The van der Waals surface area contributed by atoms with Crippen molar-refractivity contribution < 1.29 is 9.59 Å². The molecule has 0 aliphatic carbocycles. The van der Waals surface area contributed by atoms with Crippen molar-refractivity contribution in [1.82, 2.24) is 10.6 Å². The molecule has 0 radical (unpaired) electrons. The van der Waals surface area contributed by atoms with Crippen LogP contribution in [0.1, 0.15) is 77.6 Å². The normalized spacial score (nSPS) is 12.0. The average molecular weight is 343 g/mol. The maximum Gasteiger partial charge on any atom is 0.220 e. The maximum atomic E-state index is 11.7. The van der Waals surface area contributed by atoms with Crippen LogP contribution in [0, 0.1) is 0 Å². The summed E-state index contributed by atoms with van der Waals surface area (Å²) in [5.41, 5.74) is 10.8. The molecule has 0 heterocycles. The van der Waals surface area contributed by atoms with Crippen molar-refractivity contribution in [2.24, 2.45) is 11.5 Å². The molecule has 1 atom stereocenters. The van der Waals surface area contributed by atoms with Crippen molar-refractivity contribution in [1.29, 1.82) is 0 Å². The lowest BCUT2D eigenvalue weighted by Gasteiger charge is -2.14. The Hall–Kier alpha value is -1.14. The van der Waals surface area contributed by atoms with E-state index in [0.29, 0.717) is 25.9 Å². The lowest BCUT2D eigenvalue weighted by molar-refractivity contribution is -0.122. The van der Waals surface area contributed by atoms with Crippen LogP contribution in [0.5, 0.6) is 0 Å². The van der Waals surface area contributed by atoms with E-state index in [4.69, 9.17) is 11.5 Å². The van der Waals surface area contributed by atoms with Gasteiger partial charge in [-0.3, -0.25) is 9.59 Å². The van der Waals surface area contributed by atoms with E-state index in [1.165, 1.54) is 0 Å². The molecule has 6 N–H and O–H groups in total. The van der Waals surface area contributed by atoms with Crippen molar-refractivity contribution in [2.45, 2.75) is 83.6 Å². The fourth-order valence-electron chi connectivity index (χ4n) is 2.52. The smallest absolute Gasteiger partial charge is 0.220 e. The molecule has 2 amide bonds. The van der Waals surface area contributed by atoms with Crippen molar-refractivity contribution in [3.05, 3.63) is 0 Å². The molecule has 0 aromatic heterocycles. The number of hydrogen-bond donors (Lipinski definition) is 4. The number of nitrogens with two attached hydrogens (primary N) is 2. The SMILES string of the molecule is CC(CCCCNC(=O)CCCCCN)NC(=O)CCCCCN. The van der Waals surface area contributed by atoms with Crippen molar-refractivity contribution in [3.8, 4) is 0 Å². The molecule has 0 aliphatic rings. The molecule has 0 aliphatic heterocycles. The van der Waals surface area contributed by atoms with Gasteiger partial charge in [0.05, 0.1) is 0 Å². The Bertz CT molecular complexity index is 324. The van der Waals surface area contributed by atoms with Crippen molar-refractivity contribution >= 4 is 11.8 Å². The molecule has 24 heavy (non-hydrogen) atoms. The van der Waals surface area contributed by atoms with Gasteiger partial charge in [-0.2, -0.15) is 0 Å². The third kappa shape index (κ3) is 15.7. The third-order valence-electron chi connectivity index (χ3n) is 4.01. The topological polar surface area (TPSA) is 110 Å². The number of carbonyl (C=O) groups is 2. The monoisotopic (exact) mass is 342 g/mol. The van der Waals surface area contributed by atoms with E-state index >= 15 is 0 Å². The van der Waals surface area contributed by atoms with Crippen LogP contribution in [-0.4, -0.2) is 37.5 Å². The van der Waals surface area contributed by atoms with Gasteiger partial charge in [0, 0.05) is 25.4 Å². The Balaban J connectivity index is 3.46. The Kier molecular flexibility index (Phi) is 15.9. The van der Waals surface area contributed by atoms with Crippen LogP contribution in [-0.2, 0) is 9.59 Å². The Morgan fingerprint density at radius 3 is 1.96 bits per heavy atom. The molecule has 0 aromatic rings. The van der Waals surface area contributed by atoms with Gasteiger partial charge in [-0.05, 0) is 65.0 Å². The van der Waals surface area contributed by atoms with Crippen LogP contribution in [0.4, 0.5) is 0 Å². The molecule has 0 spiro atoms. The number of carbonyl (C=O) groups excluding carboxylic acids is 2. The highest BCUT2D eigenvalue weighted by atomic mass is 16.2. The summed E-state index contributed by atoms with van der Waals surface area (Å²) in [7, 11) is 0. The number of nitrogens with one attached hydrogen (secondary N) is 2. The minimum atomic E-state index is 0.130. The first kappa shape index (κ1) is 22.9. The predicted octanol–water partition coefficient (Wildman–Crippen LogP) is 1.82. The minimum Gasteiger partial charge on any atom is -0.356 e. The molecule has 6 heteroatoms.